The third kappa shape index (κ3) is 2.31. The lowest BCUT2D eigenvalue weighted by atomic mass is 10.2. The standard InChI is InChI=1S/C13H15N5S/c1-9(10(2)18-6-3-5-16-18)17-13-12-11(4-7-19-12)14-8-15-13/h3-10H,1-2H3,(H,14,15,17). The van der Waals surface area contributed by atoms with E-state index in [0.717, 1.165) is 16.0 Å². The SMILES string of the molecule is CC(Nc1ncnc2ccsc12)C(C)n1cccn1. The van der Waals surface area contributed by atoms with Crippen LogP contribution in [0.3, 0.4) is 0 Å². The minimum atomic E-state index is 0.222. The molecule has 0 saturated heterocycles. The zero-order chi connectivity index (χ0) is 13.2. The van der Waals surface area contributed by atoms with Gasteiger partial charge in [-0.2, -0.15) is 5.10 Å². The number of anilines is 1. The quantitative estimate of drug-likeness (QED) is 0.794. The molecule has 0 bridgehead atoms. The second-order valence-electron chi connectivity index (χ2n) is 4.52. The van der Waals surface area contributed by atoms with E-state index < -0.39 is 0 Å². The number of thiophene rings is 1. The Hall–Kier alpha value is -1.95. The number of nitrogens with one attached hydrogen (secondary N) is 1. The number of hydrogen-bond acceptors (Lipinski definition) is 5. The van der Waals surface area contributed by atoms with E-state index in [1.807, 2.05) is 28.4 Å². The Morgan fingerprint density at radius 1 is 1.32 bits per heavy atom. The van der Waals surface area contributed by atoms with Crippen LogP contribution in [0, 0.1) is 0 Å². The second kappa shape index (κ2) is 4.97. The Morgan fingerprint density at radius 3 is 3.00 bits per heavy atom. The molecule has 0 aliphatic heterocycles. The zero-order valence-electron chi connectivity index (χ0n) is 10.8. The summed E-state index contributed by atoms with van der Waals surface area (Å²) in [4.78, 5) is 8.59. The minimum Gasteiger partial charge on any atom is -0.364 e. The number of aromatic nitrogens is 4. The van der Waals surface area contributed by atoms with Gasteiger partial charge in [-0.1, -0.05) is 0 Å². The van der Waals surface area contributed by atoms with Gasteiger partial charge in [-0.15, -0.1) is 11.3 Å². The molecule has 3 rings (SSSR count). The first kappa shape index (κ1) is 12.1. The molecule has 1 N–H and O–H groups in total. The van der Waals surface area contributed by atoms with Crippen LogP contribution in [0.1, 0.15) is 19.9 Å². The lowest BCUT2D eigenvalue weighted by Gasteiger charge is -2.22. The smallest absolute Gasteiger partial charge is 0.147 e. The molecule has 3 aromatic heterocycles. The minimum absolute atomic E-state index is 0.222. The van der Waals surface area contributed by atoms with Crippen LogP contribution in [-0.2, 0) is 0 Å². The van der Waals surface area contributed by atoms with Crippen LogP contribution in [0.25, 0.3) is 10.2 Å². The average molecular weight is 273 g/mol. The summed E-state index contributed by atoms with van der Waals surface area (Å²) in [5, 5.41) is 9.77. The summed E-state index contributed by atoms with van der Waals surface area (Å²) < 4.78 is 3.05. The Bertz CT molecular complexity index is 661. The van der Waals surface area contributed by atoms with Gasteiger partial charge >= 0.3 is 0 Å². The van der Waals surface area contributed by atoms with Crippen molar-refractivity contribution >= 4 is 27.4 Å². The Kier molecular flexibility index (Phi) is 3.16. The van der Waals surface area contributed by atoms with Crippen molar-refractivity contribution in [3.63, 3.8) is 0 Å². The monoisotopic (exact) mass is 273 g/mol. The van der Waals surface area contributed by atoms with Crippen molar-refractivity contribution < 1.29 is 0 Å². The fraction of sp³-hybridized carbons (Fsp3) is 0.308. The molecule has 0 radical (unpaired) electrons. The molecule has 0 saturated carbocycles. The molecular weight excluding hydrogens is 258 g/mol. The van der Waals surface area contributed by atoms with Gasteiger partial charge in [-0.3, -0.25) is 4.68 Å². The Morgan fingerprint density at radius 2 is 2.21 bits per heavy atom. The van der Waals surface area contributed by atoms with Crippen molar-refractivity contribution in [2.24, 2.45) is 0 Å². The van der Waals surface area contributed by atoms with Crippen LogP contribution in [-0.4, -0.2) is 25.8 Å². The van der Waals surface area contributed by atoms with E-state index in [-0.39, 0.29) is 12.1 Å². The highest BCUT2D eigenvalue weighted by atomic mass is 32.1. The Labute approximate surface area is 115 Å². The molecule has 5 nitrogen and oxygen atoms in total. The van der Waals surface area contributed by atoms with Gasteiger partial charge in [0.05, 0.1) is 16.3 Å². The van der Waals surface area contributed by atoms with Crippen LogP contribution in [0.2, 0.25) is 0 Å². The van der Waals surface area contributed by atoms with Gasteiger partial charge in [0, 0.05) is 18.4 Å². The van der Waals surface area contributed by atoms with Gasteiger partial charge in [-0.05, 0) is 31.4 Å². The van der Waals surface area contributed by atoms with Gasteiger partial charge < -0.3 is 5.32 Å². The molecule has 0 fully saturated rings. The molecule has 98 valence electrons. The molecule has 2 unspecified atom stereocenters. The summed E-state index contributed by atoms with van der Waals surface area (Å²) in [5.41, 5.74) is 0.987. The molecule has 3 heterocycles. The summed E-state index contributed by atoms with van der Waals surface area (Å²) in [6.07, 6.45) is 5.37. The van der Waals surface area contributed by atoms with Crippen LogP contribution >= 0.6 is 11.3 Å². The highest BCUT2D eigenvalue weighted by Gasteiger charge is 2.16. The van der Waals surface area contributed by atoms with Crippen molar-refractivity contribution in [3.8, 4) is 0 Å². The first-order valence-corrected chi connectivity index (χ1v) is 7.07. The summed E-state index contributed by atoms with van der Waals surface area (Å²) in [5.74, 6) is 0.895. The van der Waals surface area contributed by atoms with Gasteiger partial charge in [0.25, 0.3) is 0 Å². The second-order valence-corrected chi connectivity index (χ2v) is 5.43. The number of rotatable bonds is 4. The molecule has 0 amide bonds. The van der Waals surface area contributed by atoms with E-state index in [1.54, 1.807) is 23.9 Å². The van der Waals surface area contributed by atoms with Crippen LogP contribution in [0.5, 0.6) is 0 Å². The van der Waals surface area contributed by atoms with E-state index in [9.17, 15) is 0 Å². The third-order valence-corrected chi connectivity index (χ3v) is 4.18. The van der Waals surface area contributed by atoms with Crippen LogP contribution < -0.4 is 5.32 Å². The normalized spacial score (nSPS) is 14.4. The predicted octanol–water partition coefficient (Wildman–Crippen LogP) is 2.95. The van der Waals surface area contributed by atoms with Gasteiger partial charge in [0.15, 0.2) is 0 Å². The predicted molar refractivity (Wildman–Crippen MR) is 77.4 cm³/mol. The molecule has 3 aromatic rings. The highest BCUT2D eigenvalue weighted by molar-refractivity contribution is 7.17. The van der Waals surface area contributed by atoms with E-state index in [1.165, 1.54) is 0 Å². The summed E-state index contributed by atoms with van der Waals surface area (Å²) >= 11 is 1.66. The number of fused-ring (bicyclic) bond motifs is 1. The first-order valence-electron chi connectivity index (χ1n) is 6.19. The number of hydrogen-bond donors (Lipinski definition) is 1. The maximum atomic E-state index is 4.34. The molecule has 0 aliphatic carbocycles. The topological polar surface area (TPSA) is 55.6 Å². The third-order valence-electron chi connectivity index (χ3n) is 3.27. The maximum absolute atomic E-state index is 4.34. The summed E-state index contributed by atoms with van der Waals surface area (Å²) in [6, 6.07) is 4.42. The largest absolute Gasteiger partial charge is 0.364 e. The molecule has 19 heavy (non-hydrogen) atoms. The van der Waals surface area contributed by atoms with Crippen molar-refractivity contribution in [1.29, 1.82) is 0 Å². The van der Waals surface area contributed by atoms with Gasteiger partial charge in [0.1, 0.15) is 12.1 Å². The molecule has 0 aromatic carbocycles. The van der Waals surface area contributed by atoms with E-state index in [4.69, 9.17) is 0 Å². The van der Waals surface area contributed by atoms with E-state index in [2.05, 4.69) is 34.2 Å². The fourth-order valence-electron chi connectivity index (χ4n) is 1.98. The lowest BCUT2D eigenvalue weighted by Crippen LogP contribution is -2.27. The van der Waals surface area contributed by atoms with Gasteiger partial charge in [-0.25, -0.2) is 9.97 Å². The van der Waals surface area contributed by atoms with Crippen LogP contribution in [0.4, 0.5) is 5.82 Å². The zero-order valence-corrected chi connectivity index (χ0v) is 11.6. The highest BCUT2D eigenvalue weighted by Crippen LogP contribution is 2.26. The number of nitrogens with zero attached hydrogens (tertiary/aromatic N) is 4. The maximum Gasteiger partial charge on any atom is 0.147 e. The average Bonchev–Trinajstić information content (AvgIpc) is 3.09. The van der Waals surface area contributed by atoms with Crippen molar-refractivity contribution in [2.75, 3.05) is 5.32 Å². The van der Waals surface area contributed by atoms with E-state index in [0.29, 0.717) is 0 Å². The van der Waals surface area contributed by atoms with Crippen molar-refractivity contribution in [3.05, 3.63) is 36.2 Å². The Balaban J connectivity index is 1.83. The van der Waals surface area contributed by atoms with Gasteiger partial charge in [0.2, 0.25) is 0 Å². The van der Waals surface area contributed by atoms with Crippen molar-refractivity contribution in [1.82, 2.24) is 19.7 Å². The summed E-state index contributed by atoms with van der Waals surface area (Å²) in [7, 11) is 0. The molecule has 6 heteroatoms. The fourth-order valence-corrected chi connectivity index (χ4v) is 2.78. The van der Waals surface area contributed by atoms with Crippen LogP contribution in [0.15, 0.2) is 36.2 Å². The molecule has 2 atom stereocenters. The van der Waals surface area contributed by atoms with Crippen molar-refractivity contribution in [2.45, 2.75) is 25.9 Å². The molecule has 0 aliphatic rings. The first-order chi connectivity index (χ1) is 9.25. The lowest BCUT2D eigenvalue weighted by molar-refractivity contribution is 0.443. The molecule has 0 spiro atoms. The molecular formula is C13H15N5S. The van der Waals surface area contributed by atoms with E-state index >= 15 is 0 Å². The summed E-state index contributed by atoms with van der Waals surface area (Å²) in [6.45, 7) is 4.27.